The maximum Gasteiger partial charge on any atom is 0.313 e. The van der Waals surface area contributed by atoms with E-state index in [0.717, 1.165) is 5.69 Å². The van der Waals surface area contributed by atoms with Gasteiger partial charge in [-0.2, -0.15) is 13.7 Å². The Hall–Kier alpha value is -3.11. The van der Waals surface area contributed by atoms with E-state index in [0.29, 0.717) is 11.1 Å². The van der Waals surface area contributed by atoms with Gasteiger partial charge in [-0.15, -0.1) is 0 Å². The summed E-state index contributed by atoms with van der Waals surface area (Å²) in [7, 11) is -3.81. The first-order chi connectivity index (χ1) is 11.6. The van der Waals surface area contributed by atoms with E-state index in [-0.39, 0.29) is 11.5 Å². The van der Waals surface area contributed by atoms with Gasteiger partial charge in [0.2, 0.25) is 0 Å². The van der Waals surface area contributed by atoms with Gasteiger partial charge in [0.25, 0.3) is 0 Å². The molecule has 0 atom stereocenters. The Kier molecular flexibility index (Phi) is 4.31. The highest BCUT2D eigenvalue weighted by molar-refractivity contribution is 7.86. The zero-order chi connectivity index (χ0) is 17.0. The fraction of sp³-hybridized carbons (Fsp3) is 0.0588. The molecule has 0 radical (unpaired) electrons. The lowest BCUT2D eigenvalue weighted by molar-refractivity contribution is 0.485. The number of nitriles is 1. The van der Waals surface area contributed by atoms with Gasteiger partial charge < -0.3 is 8.75 Å². The molecule has 0 fully saturated rings. The van der Waals surface area contributed by atoms with Crippen LogP contribution in [0, 0.1) is 11.3 Å². The minimum Gasteiger partial charge on any atom is -0.382 e. The van der Waals surface area contributed by atoms with Gasteiger partial charge in [0.15, 0.2) is 0 Å². The van der Waals surface area contributed by atoms with E-state index >= 15 is 0 Å². The Labute approximate surface area is 139 Å². The molecule has 2 aromatic carbocycles. The van der Waals surface area contributed by atoms with Gasteiger partial charge in [0.05, 0.1) is 18.0 Å². The number of hydrogen-bond donors (Lipinski definition) is 0. The number of nitrogens with zero attached hydrogens (tertiary/aromatic N) is 3. The summed E-state index contributed by atoms with van der Waals surface area (Å²) < 4.78 is 31.2. The van der Waals surface area contributed by atoms with Crippen LogP contribution in [0.3, 0.4) is 0 Å². The number of hydrogen-bond acceptors (Lipinski definition) is 5. The quantitative estimate of drug-likeness (QED) is 0.667. The molecule has 3 rings (SSSR count). The molecule has 0 bridgehead atoms. The average Bonchev–Trinajstić information content (AvgIpc) is 3.09. The van der Waals surface area contributed by atoms with Gasteiger partial charge >= 0.3 is 10.1 Å². The standard InChI is InChI=1S/C17H13N3O3S/c18-11-14-2-1-3-15(10-14)12-24(21,22)23-17-6-4-16(5-7-17)20-9-8-19-13-20/h1-10,13H,12H2. The van der Waals surface area contributed by atoms with Crippen molar-refractivity contribution in [3.63, 3.8) is 0 Å². The van der Waals surface area contributed by atoms with E-state index in [2.05, 4.69) is 4.98 Å². The lowest BCUT2D eigenvalue weighted by Gasteiger charge is -2.08. The smallest absolute Gasteiger partial charge is 0.313 e. The summed E-state index contributed by atoms with van der Waals surface area (Å²) in [6.07, 6.45) is 5.09. The molecule has 6 nitrogen and oxygen atoms in total. The monoisotopic (exact) mass is 339 g/mol. The molecule has 3 aromatic rings. The Morgan fingerprint density at radius 1 is 1.17 bits per heavy atom. The van der Waals surface area contributed by atoms with Gasteiger partial charge in [-0.05, 0) is 42.0 Å². The number of imidazole rings is 1. The van der Waals surface area contributed by atoms with Crippen LogP contribution in [0.4, 0.5) is 0 Å². The molecule has 0 aliphatic heterocycles. The summed E-state index contributed by atoms with van der Waals surface area (Å²) in [5.41, 5.74) is 1.76. The van der Waals surface area contributed by atoms with Gasteiger partial charge in [-0.3, -0.25) is 0 Å². The molecule has 1 heterocycles. The second-order valence-corrected chi connectivity index (χ2v) is 6.63. The fourth-order valence-corrected chi connectivity index (χ4v) is 3.25. The SMILES string of the molecule is N#Cc1cccc(CS(=O)(=O)Oc2ccc(-n3ccnc3)cc2)c1. The average molecular weight is 339 g/mol. The van der Waals surface area contributed by atoms with Crippen molar-refractivity contribution in [3.05, 3.63) is 78.4 Å². The zero-order valence-electron chi connectivity index (χ0n) is 12.5. The van der Waals surface area contributed by atoms with Crippen LogP contribution < -0.4 is 4.18 Å². The summed E-state index contributed by atoms with van der Waals surface area (Å²) in [4.78, 5) is 3.95. The first kappa shape index (κ1) is 15.8. The third-order valence-corrected chi connectivity index (χ3v) is 4.40. The minimum absolute atomic E-state index is 0.232. The van der Waals surface area contributed by atoms with Crippen LogP contribution >= 0.6 is 0 Å². The lowest BCUT2D eigenvalue weighted by Crippen LogP contribution is -2.12. The molecule has 0 saturated heterocycles. The van der Waals surface area contributed by atoms with Crippen LogP contribution in [0.2, 0.25) is 0 Å². The van der Waals surface area contributed by atoms with Crippen molar-refractivity contribution in [2.75, 3.05) is 0 Å². The van der Waals surface area contributed by atoms with E-state index < -0.39 is 10.1 Å². The molecular weight excluding hydrogens is 326 g/mol. The second kappa shape index (κ2) is 6.56. The molecule has 0 aliphatic rings. The molecule has 1 aromatic heterocycles. The molecule has 24 heavy (non-hydrogen) atoms. The van der Waals surface area contributed by atoms with E-state index in [9.17, 15) is 8.42 Å². The highest BCUT2D eigenvalue weighted by atomic mass is 32.2. The van der Waals surface area contributed by atoms with Gasteiger partial charge in [0.1, 0.15) is 11.5 Å². The molecule has 0 unspecified atom stereocenters. The van der Waals surface area contributed by atoms with Crippen molar-refractivity contribution in [3.8, 4) is 17.5 Å². The van der Waals surface area contributed by atoms with Gasteiger partial charge in [-0.1, -0.05) is 12.1 Å². The Balaban J connectivity index is 1.73. The number of benzene rings is 2. The first-order valence-electron chi connectivity index (χ1n) is 7.05. The summed E-state index contributed by atoms with van der Waals surface area (Å²) >= 11 is 0. The van der Waals surface area contributed by atoms with Crippen LogP contribution in [0.1, 0.15) is 11.1 Å². The Bertz CT molecular complexity index is 973. The zero-order valence-corrected chi connectivity index (χ0v) is 13.3. The predicted molar refractivity (Wildman–Crippen MR) is 88.0 cm³/mol. The highest BCUT2D eigenvalue weighted by Crippen LogP contribution is 2.19. The maximum absolute atomic E-state index is 12.2. The molecule has 0 spiro atoms. The van der Waals surface area contributed by atoms with E-state index in [4.69, 9.17) is 9.44 Å². The Morgan fingerprint density at radius 2 is 1.96 bits per heavy atom. The van der Waals surface area contributed by atoms with Crippen LogP contribution in [0.15, 0.2) is 67.3 Å². The highest BCUT2D eigenvalue weighted by Gasteiger charge is 2.14. The van der Waals surface area contributed by atoms with Crippen molar-refractivity contribution in [1.82, 2.24) is 9.55 Å². The Morgan fingerprint density at radius 3 is 2.62 bits per heavy atom. The van der Waals surface area contributed by atoms with Crippen LogP contribution in [0.25, 0.3) is 5.69 Å². The van der Waals surface area contributed by atoms with E-state index in [1.165, 1.54) is 6.07 Å². The predicted octanol–water partition coefficient (Wildman–Crippen LogP) is 2.65. The molecule has 7 heteroatoms. The molecule has 0 amide bonds. The molecular formula is C17H13N3O3S. The molecule has 0 aliphatic carbocycles. The van der Waals surface area contributed by atoms with Crippen LogP contribution in [0.5, 0.6) is 5.75 Å². The van der Waals surface area contributed by atoms with Crippen molar-refractivity contribution in [1.29, 1.82) is 5.26 Å². The molecule has 120 valence electrons. The van der Waals surface area contributed by atoms with Crippen LogP contribution in [-0.4, -0.2) is 18.0 Å². The van der Waals surface area contributed by atoms with E-state index in [1.54, 1.807) is 65.8 Å². The topological polar surface area (TPSA) is 85.0 Å². The molecule has 0 N–H and O–H groups in total. The largest absolute Gasteiger partial charge is 0.382 e. The third-order valence-electron chi connectivity index (χ3n) is 3.26. The normalized spacial score (nSPS) is 11.0. The second-order valence-electron chi connectivity index (χ2n) is 5.06. The summed E-state index contributed by atoms with van der Waals surface area (Å²) in [6, 6.07) is 15.1. The minimum atomic E-state index is -3.81. The first-order valence-corrected chi connectivity index (χ1v) is 8.63. The molecule has 0 saturated carbocycles. The van der Waals surface area contributed by atoms with Crippen molar-refractivity contribution in [2.24, 2.45) is 0 Å². The maximum atomic E-state index is 12.2. The number of rotatable bonds is 5. The van der Waals surface area contributed by atoms with Crippen molar-refractivity contribution < 1.29 is 12.6 Å². The lowest BCUT2D eigenvalue weighted by atomic mass is 10.2. The fourth-order valence-electron chi connectivity index (χ4n) is 2.20. The van der Waals surface area contributed by atoms with E-state index in [1.807, 2.05) is 6.07 Å². The summed E-state index contributed by atoms with van der Waals surface area (Å²) in [6.45, 7) is 0. The van der Waals surface area contributed by atoms with Gasteiger partial charge in [-0.25, -0.2) is 4.98 Å². The van der Waals surface area contributed by atoms with Crippen molar-refractivity contribution in [2.45, 2.75) is 5.75 Å². The van der Waals surface area contributed by atoms with Gasteiger partial charge in [0, 0.05) is 18.1 Å². The van der Waals surface area contributed by atoms with Crippen molar-refractivity contribution >= 4 is 10.1 Å². The summed E-state index contributed by atoms with van der Waals surface area (Å²) in [5, 5.41) is 8.86. The number of aromatic nitrogens is 2. The van der Waals surface area contributed by atoms with Crippen LogP contribution in [-0.2, 0) is 15.9 Å². The third kappa shape index (κ3) is 3.80. The summed E-state index contributed by atoms with van der Waals surface area (Å²) in [5.74, 6) is -0.0680.